The minimum atomic E-state index is -0.375. The number of carbonyl (C=O) groups excluding carboxylic acids is 1. The van der Waals surface area contributed by atoms with Crippen LogP contribution in [-0.4, -0.2) is 24.7 Å². The Morgan fingerprint density at radius 2 is 1.86 bits per heavy atom. The molecule has 6 nitrogen and oxygen atoms in total. The van der Waals surface area contributed by atoms with E-state index in [0.29, 0.717) is 27.8 Å². The highest BCUT2D eigenvalue weighted by Gasteiger charge is 2.13. The number of hydrogen-bond donors (Lipinski definition) is 1. The number of rotatable bonds is 6. The lowest BCUT2D eigenvalue weighted by atomic mass is 10.2. The number of pyridine rings is 1. The second-order valence-corrected chi connectivity index (χ2v) is 6.40. The van der Waals surface area contributed by atoms with Gasteiger partial charge in [0, 0.05) is 23.4 Å². The Bertz CT molecular complexity index is 1060. The maximum atomic E-state index is 12.7. The summed E-state index contributed by atoms with van der Waals surface area (Å²) < 4.78 is 11.9. The number of amides is 1. The van der Waals surface area contributed by atoms with Gasteiger partial charge in [-0.25, -0.2) is 0 Å². The van der Waals surface area contributed by atoms with E-state index in [9.17, 15) is 9.59 Å². The van der Waals surface area contributed by atoms with Crippen molar-refractivity contribution in [3.8, 4) is 11.5 Å². The van der Waals surface area contributed by atoms with Crippen molar-refractivity contribution >= 4 is 23.2 Å². The Morgan fingerprint density at radius 3 is 2.57 bits per heavy atom. The van der Waals surface area contributed by atoms with Crippen LogP contribution in [0.2, 0.25) is 5.02 Å². The van der Waals surface area contributed by atoms with Gasteiger partial charge in [-0.2, -0.15) is 0 Å². The fourth-order valence-corrected chi connectivity index (χ4v) is 2.90. The largest absolute Gasteiger partial charge is 0.497 e. The third-order valence-electron chi connectivity index (χ3n) is 4.20. The highest BCUT2D eigenvalue weighted by molar-refractivity contribution is 6.31. The van der Waals surface area contributed by atoms with Gasteiger partial charge in [0.15, 0.2) is 0 Å². The summed E-state index contributed by atoms with van der Waals surface area (Å²) in [5, 5.41) is 3.35. The van der Waals surface area contributed by atoms with Gasteiger partial charge in [0.25, 0.3) is 11.5 Å². The Kier molecular flexibility index (Phi) is 6.01. The van der Waals surface area contributed by atoms with E-state index in [1.54, 1.807) is 24.3 Å². The molecule has 3 rings (SSSR count). The normalized spacial score (nSPS) is 10.4. The number of benzene rings is 2. The summed E-state index contributed by atoms with van der Waals surface area (Å²) in [7, 11) is 3.05. The smallest absolute Gasteiger partial charge is 0.257 e. The SMILES string of the molecule is COc1ccc(OC)c(NC(=O)c2ccc(=O)n(Cc3ccccc3Cl)c2)c1. The average Bonchev–Trinajstić information content (AvgIpc) is 2.71. The zero-order valence-corrected chi connectivity index (χ0v) is 16.2. The van der Waals surface area contributed by atoms with E-state index in [1.165, 1.54) is 37.1 Å². The second kappa shape index (κ2) is 8.63. The number of nitrogens with one attached hydrogen (secondary N) is 1. The number of anilines is 1. The summed E-state index contributed by atoms with van der Waals surface area (Å²) in [5.74, 6) is 0.706. The first-order valence-electron chi connectivity index (χ1n) is 8.49. The molecule has 0 radical (unpaired) electrons. The standard InChI is InChI=1S/C21H19ClN2O4/c1-27-16-8-9-19(28-2)18(11-16)23-21(26)15-7-10-20(25)24(13-15)12-14-5-3-4-6-17(14)22/h3-11,13H,12H2,1-2H3,(H,23,26). The molecule has 0 atom stereocenters. The molecule has 0 unspecified atom stereocenters. The number of hydrogen-bond acceptors (Lipinski definition) is 4. The van der Waals surface area contributed by atoms with Gasteiger partial charge < -0.3 is 19.4 Å². The lowest BCUT2D eigenvalue weighted by Gasteiger charge is -2.13. The molecule has 0 aliphatic heterocycles. The summed E-state index contributed by atoms with van der Waals surface area (Å²) in [6, 6.07) is 15.2. The summed E-state index contributed by atoms with van der Waals surface area (Å²) in [4.78, 5) is 24.9. The molecular weight excluding hydrogens is 380 g/mol. The van der Waals surface area contributed by atoms with Crippen LogP contribution in [0.25, 0.3) is 0 Å². The van der Waals surface area contributed by atoms with Crippen LogP contribution in [0.5, 0.6) is 11.5 Å². The van der Waals surface area contributed by atoms with Crippen LogP contribution in [0, 0.1) is 0 Å². The molecule has 7 heteroatoms. The molecule has 0 saturated heterocycles. The van der Waals surface area contributed by atoms with E-state index in [-0.39, 0.29) is 18.0 Å². The van der Waals surface area contributed by atoms with Gasteiger partial charge in [-0.1, -0.05) is 29.8 Å². The number of halogens is 1. The lowest BCUT2D eigenvalue weighted by molar-refractivity contribution is 0.102. The van der Waals surface area contributed by atoms with Crippen molar-refractivity contribution in [3.05, 3.63) is 87.3 Å². The van der Waals surface area contributed by atoms with Gasteiger partial charge in [0.2, 0.25) is 0 Å². The highest BCUT2D eigenvalue weighted by Crippen LogP contribution is 2.29. The maximum absolute atomic E-state index is 12.7. The summed E-state index contributed by atoms with van der Waals surface area (Å²) >= 11 is 6.18. The Morgan fingerprint density at radius 1 is 1.07 bits per heavy atom. The summed E-state index contributed by atoms with van der Waals surface area (Å²) in [6.07, 6.45) is 1.51. The molecule has 0 aliphatic carbocycles. The van der Waals surface area contributed by atoms with E-state index in [4.69, 9.17) is 21.1 Å². The van der Waals surface area contributed by atoms with Crippen LogP contribution in [0.3, 0.4) is 0 Å². The predicted octanol–water partition coefficient (Wildman–Crippen LogP) is 3.82. The molecule has 0 saturated carbocycles. The van der Waals surface area contributed by atoms with Crippen molar-refractivity contribution in [2.45, 2.75) is 6.54 Å². The van der Waals surface area contributed by atoms with E-state index >= 15 is 0 Å². The van der Waals surface area contributed by atoms with Gasteiger partial charge >= 0.3 is 0 Å². The fourth-order valence-electron chi connectivity index (χ4n) is 2.71. The molecule has 0 fully saturated rings. The minimum Gasteiger partial charge on any atom is -0.497 e. The van der Waals surface area contributed by atoms with E-state index in [0.717, 1.165) is 5.56 Å². The first kappa shape index (κ1) is 19.5. The van der Waals surface area contributed by atoms with Crippen LogP contribution in [0.1, 0.15) is 15.9 Å². The number of aromatic nitrogens is 1. The number of methoxy groups -OCH3 is 2. The third-order valence-corrected chi connectivity index (χ3v) is 4.57. The Balaban J connectivity index is 1.87. The van der Waals surface area contributed by atoms with Crippen molar-refractivity contribution in [2.24, 2.45) is 0 Å². The van der Waals surface area contributed by atoms with Crippen LogP contribution < -0.4 is 20.3 Å². The van der Waals surface area contributed by atoms with Crippen LogP contribution >= 0.6 is 11.6 Å². The highest BCUT2D eigenvalue weighted by atomic mass is 35.5. The number of nitrogens with zero attached hydrogens (tertiary/aromatic N) is 1. The first-order chi connectivity index (χ1) is 13.5. The molecule has 1 N–H and O–H groups in total. The topological polar surface area (TPSA) is 69.6 Å². The van der Waals surface area contributed by atoms with E-state index in [2.05, 4.69) is 5.32 Å². The molecule has 0 bridgehead atoms. The van der Waals surface area contributed by atoms with Gasteiger partial charge in [0.05, 0.1) is 32.0 Å². The molecule has 0 spiro atoms. The van der Waals surface area contributed by atoms with Crippen molar-refractivity contribution in [1.29, 1.82) is 0 Å². The lowest BCUT2D eigenvalue weighted by Crippen LogP contribution is -2.22. The van der Waals surface area contributed by atoms with Crippen molar-refractivity contribution < 1.29 is 14.3 Å². The molecule has 3 aromatic rings. The average molecular weight is 399 g/mol. The van der Waals surface area contributed by atoms with Crippen LogP contribution in [0.4, 0.5) is 5.69 Å². The fraction of sp³-hybridized carbons (Fsp3) is 0.143. The molecule has 1 amide bonds. The van der Waals surface area contributed by atoms with Crippen LogP contribution in [0.15, 0.2) is 65.6 Å². The molecule has 144 valence electrons. The van der Waals surface area contributed by atoms with E-state index in [1.807, 2.05) is 18.2 Å². The number of carbonyl (C=O) groups is 1. The monoisotopic (exact) mass is 398 g/mol. The van der Waals surface area contributed by atoms with Crippen molar-refractivity contribution in [3.63, 3.8) is 0 Å². The van der Waals surface area contributed by atoms with Crippen LogP contribution in [-0.2, 0) is 6.54 Å². The molecule has 1 heterocycles. The molecule has 1 aromatic heterocycles. The first-order valence-corrected chi connectivity index (χ1v) is 8.87. The number of ether oxygens (including phenoxy) is 2. The molecule has 28 heavy (non-hydrogen) atoms. The summed E-state index contributed by atoms with van der Waals surface area (Å²) in [5.41, 5.74) is 1.36. The van der Waals surface area contributed by atoms with Crippen molar-refractivity contribution in [1.82, 2.24) is 4.57 Å². The molecule has 0 aliphatic rings. The second-order valence-electron chi connectivity index (χ2n) is 6.00. The van der Waals surface area contributed by atoms with Gasteiger partial charge in [-0.05, 0) is 29.8 Å². The molecule has 2 aromatic carbocycles. The zero-order chi connectivity index (χ0) is 20.1. The van der Waals surface area contributed by atoms with Gasteiger partial charge in [-0.3, -0.25) is 9.59 Å². The predicted molar refractivity (Wildman–Crippen MR) is 109 cm³/mol. The minimum absolute atomic E-state index is 0.226. The van der Waals surface area contributed by atoms with E-state index < -0.39 is 0 Å². The maximum Gasteiger partial charge on any atom is 0.257 e. The summed E-state index contributed by atoms with van der Waals surface area (Å²) in [6.45, 7) is 0.266. The third kappa shape index (κ3) is 4.35. The molecular formula is C21H19ClN2O4. The quantitative estimate of drug-likeness (QED) is 0.685. The van der Waals surface area contributed by atoms with Gasteiger partial charge in [0.1, 0.15) is 11.5 Å². The Labute approximate surface area is 167 Å². The van der Waals surface area contributed by atoms with Gasteiger partial charge in [-0.15, -0.1) is 0 Å². The Hall–Kier alpha value is -3.25. The van der Waals surface area contributed by atoms with Crippen molar-refractivity contribution in [2.75, 3.05) is 19.5 Å². The zero-order valence-electron chi connectivity index (χ0n) is 15.4.